The van der Waals surface area contributed by atoms with Crippen LogP contribution < -0.4 is 5.46 Å². The van der Waals surface area contributed by atoms with Gasteiger partial charge in [0.1, 0.15) is 0 Å². The maximum atomic E-state index is 6.32. The molecule has 5 heteroatoms. The quantitative estimate of drug-likeness (QED) is 0.291. The first kappa shape index (κ1) is 22.1. The van der Waals surface area contributed by atoms with Crippen molar-refractivity contribution in [2.45, 2.75) is 45.8 Å². The molecule has 0 atom stereocenters. The maximum Gasteiger partial charge on any atom is 0.494 e. The Morgan fingerprint density at radius 3 is 2.14 bits per heavy atom. The van der Waals surface area contributed by atoms with Gasteiger partial charge in [-0.2, -0.15) is 5.10 Å². The molecule has 1 saturated heterocycles. The van der Waals surface area contributed by atoms with E-state index >= 15 is 0 Å². The van der Waals surface area contributed by atoms with Crippen molar-refractivity contribution in [3.63, 3.8) is 0 Å². The Hall–Kier alpha value is -3.41. The van der Waals surface area contributed by atoms with Crippen LogP contribution in [0.5, 0.6) is 0 Å². The molecule has 5 aromatic rings. The van der Waals surface area contributed by atoms with E-state index in [2.05, 4.69) is 118 Å². The molecule has 0 spiro atoms. The fourth-order valence-corrected chi connectivity index (χ4v) is 4.93. The summed E-state index contributed by atoms with van der Waals surface area (Å²) in [5.41, 5.74) is 6.79. The third-order valence-electron chi connectivity index (χ3n) is 7.61. The molecule has 2 aromatic heterocycles. The smallest absolute Gasteiger partial charge is 0.399 e. The van der Waals surface area contributed by atoms with Crippen LogP contribution in [0.4, 0.5) is 0 Å². The highest BCUT2D eigenvalue weighted by molar-refractivity contribution is 6.62. The summed E-state index contributed by atoms with van der Waals surface area (Å²) in [6.45, 7) is 10.5. The first-order valence-electron chi connectivity index (χ1n) is 12.2. The molecule has 3 aromatic carbocycles. The summed E-state index contributed by atoms with van der Waals surface area (Å²) in [5, 5.41) is 7.58. The summed E-state index contributed by atoms with van der Waals surface area (Å²) >= 11 is 0. The first-order valence-corrected chi connectivity index (χ1v) is 12.2. The van der Waals surface area contributed by atoms with E-state index in [1.807, 2.05) is 6.07 Å². The van der Waals surface area contributed by atoms with E-state index in [1.54, 1.807) is 0 Å². The van der Waals surface area contributed by atoms with Crippen LogP contribution >= 0.6 is 0 Å². The molecule has 0 saturated carbocycles. The van der Waals surface area contributed by atoms with Gasteiger partial charge in [0.05, 0.1) is 28.1 Å². The van der Waals surface area contributed by atoms with Crippen molar-refractivity contribution in [1.29, 1.82) is 0 Å². The highest BCUT2D eigenvalue weighted by atomic mass is 16.7. The lowest BCUT2D eigenvalue weighted by Gasteiger charge is -2.32. The third-order valence-corrected chi connectivity index (χ3v) is 7.61. The lowest BCUT2D eigenvalue weighted by atomic mass is 9.78. The Labute approximate surface area is 206 Å². The van der Waals surface area contributed by atoms with Gasteiger partial charge >= 0.3 is 7.12 Å². The third kappa shape index (κ3) is 3.50. The average molecular weight is 460 g/mol. The normalized spacial score (nSPS) is 16.9. The molecular formula is C30H29BN2O2. The van der Waals surface area contributed by atoms with Crippen molar-refractivity contribution < 1.29 is 9.31 Å². The summed E-state index contributed by atoms with van der Waals surface area (Å²) in [4.78, 5) is 0. The average Bonchev–Trinajstić information content (AvgIpc) is 3.31. The number of nitrogens with zero attached hydrogens (tertiary/aromatic N) is 2. The molecule has 6 rings (SSSR count). The van der Waals surface area contributed by atoms with Crippen molar-refractivity contribution in [2.75, 3.05) is 0 Å². The Bertz CT molecular complexity index is 1550. The minimum atomic E-state index is -0.405. The van der Waals surface area contributed by atoms with Crippen LogP contribution in [0.1, 0.15) is 33.3 Å². The second-order valence-electron chi connectivity index (χ2n) is 10.4. The van der Waals surface area contributed by atoms with Crippen LogP contribution in [0, 0.1) is 6.92 Å². The van der Waals surface area contributed by atoms with Crippen LogP contribution in [0.15, 0.2) is 84.9 Å². The topological polar surface area (TPSA) is 35.8 Å². The van der Waals surface area contributed by atoms with Gasteiger partial charge in [-0.3, -0.25) is 0 Å². The zero-order valence-corrected chi connectivity index (χ0v) is 20.9. The second kappa shape index (κ2) is 7.80. The lowest BCUT2D eigenvalue weighted by molar-refractivity contribution is 0.00578. The number of aryl methyl sites for hydroxylation is 1. The summed E-state index contributed by atoms with van der Waals surface area (Å²) in [6.07, 6.45) is 0. The van der Waals surface area contributed by atoms with Gasteiger partial charge in [0.25, 0.3) is 0 Å². The standard InChI is InChI=1S/C30H29BN2O2/c1-20-27(23-15-11-16-24(18-23)31-34-29(2,3)30(4,5)35-31)32-33-26(21-12-7-6-8-13-21)19-22-14-9-10-17-25(22)28(20)33/h6-19H,1-5H3. The van der Waals surface area contributed by atoms with Crippen molar-refractivity contribution in [3.8, 4) is 22.5 Å². The zero-order valence-electron chi connectivity index (χ0n) is 20.9. The predicted octanol–water partition coefficient (Wildman–Crippen LogP) is 6.43. The fraction of sp³-hybridized carbons (Fsp3) is 0.233. The number of hydrogen-bond acceptors (Lipinski definition) is 3. The van der Waals surface area contributed by atoms with Crippen molar-refractivity contribution in [1.82, 2.24) is 9.61 Å². The molecule has 35 heavy (non-hydrogen) atoms. The number of aromatic nitrogens is 2. The van der Waals surface area contributed by atoms with Gasteiger partial charge in [0.15, 0.2) is 0 Å². The molecule has 1 aliphatic rings. The molecule has 174 valence electrons. The van der Waals surface area contributed by atoms with Crippen LogP contribution in [-0.4, -0.2) is 27.9 Å². The van der Waals surface area contributed by atoms with Crippen LogP contribution in [0.3, 0.4) is 0 Å². The van der Waals surface area contributed by atoms with Gasteiger partial charge in [0, 0.05) is 22.1 Å². The van der Waals surface area contributed by atoms with E-state index in [0.29, 0.717) is 0 Å². The van der Waals surface area contributed by atoms with Crippen LogP contribution in [-0.2, 0) is 9.31 Å². The highest BCUT2D eigenvalue weighted by Crippen LogP contribution is 2.37. The van der Waals surface area contributed by atoms with Crippen LogP contribution in [0.2, 0.25) is 0 Å². The molecule has 3 heterocycles. The van der Waals surface area contributed by atoms with Crippen molar-refractivity contribution in [3.05, 3.63) is 90.5 Å². The summed E-state index contributed by atoms with van der Waals surface area (Å²) in [7, 11) is -0.405. The first-order chi connectivity index (χ1) is 16.7. The number of pyridine rings is 1. The zero-order chi connectivity index (χ0) is 24.4. The minimum Gasteiger partial charge on any atom is -0.399 e. The Kier molecular flexibility index (Phi) is 4.92. The fourth-order valence-electron chi connectivity index (χ4n) is 4.93. The van der Waals surface area contributed by atoms with Crippen LogP contribution in [0.25, 0.3) is 38.8 Å². The SMILES string of the molecule is Cc1c(-c2cccc(B3OC(C)(C)C(C)(C)O3)c2)nn2c(-c3ccccc3)cc3ccccc3c12. The molecule has 1 fully saturated rings. The Morgan fingerprint density at radius 1 is 0.743 bits per heavy atom. The van der Waals surface area contributed by atoms with Crippen molar-refractivity contribution in [2.24, 2.45) is 0 Å². The molecule has 0 radical (unpaired) electrons. The molecule has 0 amide bonds. The highest BCUT2D eigenvalue weighted by Gasteiger charge is 2.51. The van der Waals surface area contributed by atoms with Gasteiger partial charge < -0.3 is 9.31 Å². The predicted molar refractivity (Wildman–Crippen MR) is 144 cm³/mol. The number of hydrogen-bond donors (Lipinski definition) is 0. The second-order valence-corrected chi connectivity index (χ2v) is 10.4. The summed E-state index contributed by atoms with van der Waals surface area (Å²) in [6, 6.07) is 29.6. The van der Waals surface area contributed by atoms with E-state index in [9.17, 15) is 0 Å². The minimum absolute atomic E-state index is 0.379. The molecule has 0 aliphatic carbocycles. The lowest BCUT2D eigenvalue weighted by Crippen LogP contribution is -2.41. The number of benzene rings is 3. The van der Waals surface area contributed by atoms with Gasteiger partial charge in [-0.05, 0) is 51.5 Å². The number of fused-ring (bicyclic) bond motifs is 3. The van der Waals surface area contributed by atoms with E-state index in [1.165, 1.54) is 10.8 Å². The summed E-state index contributed by atoms with van der Waals surface area (Å²) < 4.78 is 14.7. The Balaban J connectivity index is 1.54. The van der Waals surface area contributed by atoms with Gasteiger partial charge in [-0.15, -0.1) is 0 Å². The van der Waals surface area contributed by atoms with Gasteiger partial charge in [-0.25, -0.2) is 4.52 Å². The number of rotatable bonds is 3. The van der Waals surface area contributed by atoms with E-state index < -0.39 is 7.12 Å². The van der Waals surface area contributed by atoms with Gasteiger partial charge in [0.2, 0.25) is 0 Å². The van der Waals surface area contributed by atoms with E-state index in [-0.39, 0.29) is 11.2 Å². The molecule has 0 unspecified atom stereocenters. The Morgan fingerprint density at radius 2 is 1.40 bits per heavy atom. The molecule has 0 N–H and O–H groups in total. The van der Waals surface area contributed by atoms with E-state index in [0.717, 1.165) is 39.1 Å². The summed E-state index contributed by atoms with van der Waals surface area (Å²) in [5.74, 6) is 0. The monoisotopic (exact) mass is 460 g/mol. The van der Waals surface area contributed by atoms with Gasteiger partial charge in [-0.1, -0.05) is 78.9 Å². The van der Waals surface area contributed by atoms with Crippen molar-refractivity contribution >= 4 is 28.9 Å². The molecule has 0 bridgehead atoms. The van der Waals surface area contributed by atoms with E-state index in [4.69, 9.17) is 14.4 Å². The largest absolute Gasteiger partial charge is 0.494 e. The molecule has 1 aliphatic heterocycles. The molecular weight excluding hydrogens is 431 g/mol. The molecule has 4 nitrogen and oxygen atoms in total. The maximum absolute atomic E-state index is 6.32.